The third-order valence-corrected chi connectivity index (χ3v) is 5.02. The lowest BCUT2D eigenvalue weighted by atomic mass is 10.1. The van der Waals surface area contributed by atoms with E-state index < -0.39 is 0 Å². The lowest BCUT2D eigenvalue weighted by Crippen LogP contribution is -2.38. The van der Waals surface area contributed by atoms with E-state index in [1.54, 1.807) is 29.5 Å². The first-order valence-electron chi connectivity index (χ1n) is 8.87. The molecule has 7 heteroatoms. The molecule has 0 fully saturated rings. The number of carbonyl (C=O) groups is 2. The third kappa shape index (κ3) is 3.61. The van der Waals surface area contributed by atoms with Crippen LogP contribution >= 0.6 is 11.3 Å². The quantitative estimate of drug-likeness (QED) is 0.614. The van der Waals surface area contributed by atoms with Gasteiger partial charge in [0.2, 0.25) is 0 Å². The van der Waals surface area contributed by atoms with E-state index in [0.29, 0.717) is 24.5 Å². The van der Waals surface area contributed by atoms with Gasteiger partial charge < -0.3 is 14.4 Å². The molecule has 0 bridgehead atoms. The Hall–Kier alpha value is -3.19. The van der Waals surface area contributed by atoms with E-state index in [4.69, 9.17) is 9.47 Å². The third-order valence-electron chi connectivity index (χ3n) is 4.44. The Labute approximate surface area is 166 Å². The van der Waals surface area contributed by atoms with E-state index in [1.165, 1.54) is 11.3 Å². The van der Waals surface area contributed by atoms with E-state index in [2.05, 4.69) is 4.98 Å². The fraction of sp³-hybridized carbons (Fsp3) is 0.190. The summed E-state index contributed by atoms with van der Waals surface area (Å²) in [6.45, 7) is 2.50. The van der Waals surface area contributed by atoms with Gasteiger partial charge in [-0.15, -0.1) is 11.3 Å². The Bertz CT molecular complexity index is 1000. The number of thiazole rings is 1. The molecule has 142 valence electrons. The second-order valence-corrected chi connectivity index (χ2v) is 6.96. The maximum Gasteiger partial charge on any atom is 0.338 e. The number of fused-ring (bicyclic) bond motifs is 1. The minimum absolute atomic E-state index is 0.00393. The summed E-state index contributed by atoms with van der Waals surface area (Å²) in [6, 6.07) is 12.8. The molecule has 1 aliphatic rings. The summed E-state index contributed by atoms with van der Waals surface area (Å²) >= 11 is 1.52. The molecule has 3 aromatic rings. The lowest BCUT2D eigenvalue weighted by molar-refractivity contribution is -0.121. The van der Waals surface area contributed by atoms with E-state index in [1.807, 2.05) is 35.7 Å². The van der Waals surface area contributed by atoms with Crippen LogP contribution in [-0.2, 0) is 16.1 Å². The van der Waals surface area contributed by atoms with Crippen LogP contribution in [0.2, 0.25) is 0 Å². The molecule has 0 N–H and O–H groups in total. The summed E-state index contributed by atoms with van der Waals surface area (Å²) in [5, 5.41) is 1.96. The number of amides is 1. The fourth-order valence-electron chi connectivity index (χ4n) is 3.03. The van der Waals surface area contributed by atoms with Gasteiger partial charge in [0.05, 0.1) is 35.6 Å². The number of nitrogens with zero attached hydrogens (tertiary/aromatic N) is 2. The van der Waals surface area contributed by atoms with Crippen LogP contribution < -0.4 is 9.64 Å². The summed E-state index contributed by atoms with van der Waals surface area (Å²) in [7, 11) is 0. The maximum atomic E-state index is 12.5. The fourth-order valence-corrected chi connectivity index (χ4v) is 3.59. The molecule has 1 aromatic heterocycles. The minimum atomic E-state index is -0.352. The topological polar surface area (TPSA) is 68.7 Å². The Morgan fingerprint density at radius 2 is 2.07 bits per heavy atom. The molecule has 28 heavy (non-hydrogen) atoms. The van der Waals surface area contributed by atoms with Crippen molar-refractivity contribution in [3.05, 3.63) is 64.5 Å². The van der Waals surface area contributed by atoms with Crippen molar-refractivity contribution in [1.29, 1.82) is 0 Å². The number of ether oxygens (including phenoxy) is 2. The molecule has 0 radical (unpaired) electrons. The SMILES string of the molecule is CCOC(=O)c1ccc(CN2C(=O)COc3ccc(-c4cscn4)cc32)cc1. The summed E-state index contributed by atoms with van der Waals surface area (Å²) in [6.07, 6.45) is 0. The first kappa shape index (κ1) is 18.2. The number of anilines is 1. The van der Waals surface area contributed by atoms with Gasteiger partial charge in [0.1, 0.15) is 5.75 Å². The Kier molecular flexibility index (Phi) is 5.08. The van der Waals surface area contributed by atoms with E-state index in [0.717, 1.165) is 22.5 Å². The van der Waals surface area contributed by atoms with E-state index >= 15 is 0 Å². The number of esters is 1. The van der Waals surface area contributed by atoms with Crippen molar-refractivity contribution >= 4 is 28.9 Å². The summed E-state index contributed by atoms with van der Waals surface area (Å²) in [5.74, 6) is 0.203. The number of hydrogen-bond donors (Lipinski definition) is 0. The number of aromatic nitrogens is 1. The van der Waals surface area contributed by atoms with Gasteiger partial charge >= 0.3 is 5.97 Å². The van der Waals surface area contributed by atoms with Crippen molar-refractivity contribution in [3.8, 4) is 17.0 Å². The van der Waals surface area contributed by atoms with Crippen LogP contribution in [0.4, 0.5) is 5.69 Å². The number of carbonyl (C=O) groups excluding carboxylic acids is 2. The van der Waals surface area contributed by atoms with Crippen LogP contribution in [0.3, 0.4) is 0 Å². The predicted molar refractivity (Wildman–Crippen MR) is 107 cm³/mol. The van der Waals surface area contributed by atoms with Crippen molar-refractivity contribution in [3.63, 3.8) is 0 Å². The second-order valence-electron chi connectivity index (χ2n) is 6.24. The van der Waals surface area contributed by atoms with Gasteiger partial charge in [-0.1, -0.05) is 12.1 Å². The molecule has 1 aliphatic heterocycles. The zero-order valence-electron chi connectivity index (χ0n) is 15.3. The first-order valence-corrected chi connectivity index (χ1v) is 9.82. The van der Waals surface area contributed by atoms with Crippen molar-refractivity contribution in [2.75, 3.05) is 18.1 Å². The zero-order valence-corrected chi connectivity index (χ0v) is 16.1. The largest absolute Gasteiger partial charge is 0.482 e. The van der Waals surface area contributed by atoms with Gasteiger partial charge in [0.25, 0.3) is 5.91 Å². The highest BCUT2D eigenvalue weighted by atomic mass is 32.1. The molecule has 0 atom stereocenters. The van der Waals surface area contributed by atoms with Gasteiger partial charge in [0.15, 0.2) is 6.61 Å². The Balaban J connectivity index is 1.61. The molecular weight excluding hydrogens is 376 g/mol. The van der Waals surface area contributed by atoms with Crippen molar-refractivity contribution in [2.24, 2.45) is 0 Å². The van der Waals surface area contributed by atoms with Gasteiger partial charge in [-0.2, -0.15) is 0 Å². The average molecular weight is 394 g/mol. The molecule has 2 aromatic carbocycles. The van der Waals surface area contributed by atoms with Crippen molar-refractivity contribution in [2.45, 2.75) is 13.5 Å². The van der Waals surface area contributed by atoms with Crippen LogP contribution in [0.1, 0.15) is 22.8 Å². The highest BCUT2D eigenvalue weighted by Crippen LogP contribution is 2.36. The van der Waals surface area contributed by atoms with Crippen LogP contribution in [0.15, 0.2) is 53.4 Å². The molecule has 0 saturated heterocycles. The highest BCUT2D eigenvalue weighted by molar-refractivity contribution is 7.07. The molecular formula is C21H18N2O4S. The summed E-state index contributed by atoms with van der Waals surface area (Å²) in [5.41, 5.74) is 5.69. The second kappa shape index (κ2) is 7.82. The monoisotopic (exact) mass is 394 g/mol. The Morgan fingerprint density at radius 1 is 1.25 bits per heavy atom. The summed E-state index contributed by atoms with van der Waals surface area (Å²) < 4.78 is 10.6. The molecule has 2 heterocycles. The number of hydrogen-bond acceptors (Lipinski definition) is 6. The maximum absolute atomic E-state index is 12.5. The molecule has 0 saturated carbocycles. The standard InChI is InChI=1S/C21H18N2O4S/c1-2-26-21(25)15-5-3-14(4-6-15)10-23-18-9-16(17-12-28-13-22-17)7-8-19(18)27-11-20(23)24/h3-9,12-13H,2,10-11H2,1H3. The molecule has 1 amide bonds. The van der Waals surface area contributed by atoms with Gasteiger partial charge in [-0.05, 0) is 42.8 Å². The van der Waals surface area contributed by atoms with Crippen LogP contribution in [0.25, 0.3) is 11.3 Å². The highest BCUT2D eigenvalue weighted by Gasteiger charge is 2.26. The molecule has 6 nitrogen and oxygen atoms in total. The molecule has 0 spiro atoms. The van der Waals surface area contributed by atoms with Crippen LogP contribution in [0.5, 0.6) is 5.75 Å². The normalized spacial score (nSPS) is 13.0. The lowest BCUT2D eigenvalue weighted by Gasteiger charge is -2.30. The summed E-state index contributed by atoms with van der Waals surface area (Å²) in [4.78, 5) is 30.4. The number of rotatable bonds is 5. The molecule has 4 rings (SSSR count). The molecule has 0 unspecified atom stereocenters. The Morgan fingerprint density at radius 3 is 2.79 bits per heavy atom. The zero-order chi connectivity index (χ0) is 19.5. The minimum Gasteiger partial charge on any atom is -0.482 e. The average Bonchev–Trinajstić information content (AvgIpc) is 3.25. The smallest absolute Gasteiger partial charge is 0.338 e. The van der Waals surface area contributed by atoms with E-state index in [9.17, 15) is 9.59 Å². The molecule has 0 aliphatic carbocycles. The number of benzene rings is 2. The first-order chi connectivity index (χ1) is 13.7. The van der Waals surface area contributed by atoms with Crippen LogP contribution in [-0.4, -0.2) is 30.1 Å². The van der Waals surface area contributed by atoms with E-state index in [-0.39, 0.29) is 18.5 Å². The van der Waals surface area contributed by atoms with Gasteiger partial charge in [-0.25, -0.2) is 9.78 Å². The van der Waals surface area contributed by atoms with Gasteiger partial charge in [0, 0.05) is 10.9 Å². The van der Waals surface area contributed by atoms with Crippen molar-refractivity contribution in [1.82, 2.24) is 4.98 Å². The van der Waals surface area contributed by atoms with Gasteiger partial charge in [-0.3, -0.25) is 4.79 Å². The van der Waals surface area contributed by atoms with Crippen LogP contribution in [0, 0.1) is 0 Å². The predicted octanol–water partition coefficient (Wildman–Crippen LogP) is 3.91. The van der Waals surface area contributed by atoms with Crippen molar-refractivity contribution < 1.29 is 19.1 Å².